The predicted molar refractivity (Wildman–Crippen MR) is 230 cm³/mol. The Hall–Kier alpha value is -3.50. The van der Waals surface area contributed by atoms with Gasteiger partial charge in [-0.05, 0) is 55.3 Å². The fourth-order valence-corrected chi connectivity index (χ4v) is 9.69. The van der Waals surface area contributed by atoms with Crippen molar-refractivity contribution in [1.82, 2.24) is 29.1 Å². The van der Waals surface area contributed by atoms with E-state index in [4.69, 9.17) is 23.1 Å². The quantitative estimate of drug-likeness (QED) is 0.0757. The molecule has 2 fully saturated rings. The van der Waals surface area contributed by atoms with Crippen LogP contribution < -0.4 is 16.6 Å². The molecule has 1 aromatic carbocycles. The van der Waals surface area contributed by atoms with Crippen molar-refractivity contribution in [3.63, 3.8) is 0 Å². The first-order valence-corrected chi connectivity index (χ1v) is 26.8. The lowest BCUT2D eigenvalue weighted by atomic mass is 10.2. The minimum atomic E-state index is -2.20. The SMILES string of the molecule is Cc1cn([C@H]2C[C@H](O[Si](C)(C)C(C)(C)C)[C@@H](CSCO[C@H]3C[C@H](n4cnc5c(NC(=O)c6ccccc6)ncnc54)O[C@@H]3CO[Si](C)(C)C(C)(C)C)O2)c(=O)[nH]c1=O. The summed E-state index contributed by atoms with van der Waals surface area (Å²) in [6.07, 6.45) is 3.36. The number of anilines is 1. The zero-order valence-corrected chi connectivity index (χ0v) is 38.3. The summed E-state index contributed by atoms with van der Waals surface area (Å²) in [5.74, 6) is 0.938. The van der Waals surface area contributed by atoms with Crippen molar-refractivity contribution in [2.45, 2.75) is 134 Å². The Labute approximate surface area is 346 Å². The minimum absolute atomic E-state index is 0.0102. The molecule has 1 amide bonds. The van der Waals surface area contributed by atoms with E-state index in [0.29, 0.717) is 59.2 Å². The Morgan fingerprint density at radius 1 is 0.914 bits per heavy atom. The molecule has 4 aromatic rings. The maximum Gasteiger partial charge on any atom is 0.330 e. The van der Waals surface area contributed by atoms with Crippen molar-refractivity contribution in [2.24, 2.45) is 0 Å². The van der Waals surface area contributed by atoms with Crippen LogP contribution in [0, 0.1) is 6.92 Å². The van der Waals surface area contributed by atoms with Gasteiger partial charge in [0.2, 0.25) is 0 Å². The van der Waals surface area contributed by atoms with Gasteiger partial charge in [0.15, 0.2) is 33.6 Å². The third kappa shape index (κ3) is 9.75. The highest BCUT2D eigenvalue weighted by Crippen LogP contribution is 2.42. The predicted octanol–water partition coefficient (Wildman–Crippen LogP) is 7.00. The van der Waals surface area contributed by atoms with Gasteiger partial charge in [0.25, 0.3) is 11.5 Å². The smallest absolute Gasteiger partial charge is 0.330 e. The molecule has 316 valence electrons. The van der Waals surface area contributed by atoms with E-state index in [1.54, 1.807) is 55.5 Å². The van der Waals surface area contributed by atoms with Crippen LogP contribution >= 0.6 is 11.8 Å². The third-order valence-electron chi connectivity index (χ3n) is 12.1. The van der Waals surface area contributed by atoms with Crippen molar-refractivity contribution in [3.05, 3.63) is 81.1 Å². The molecule has 18 heteroatoms. The zero-order valence-electron chi connectivity index (χ0n) is 35.5. The van der Waals surface area contributed by atoms with Crippen LogP contribution in [0.3, 0.4) is 0 Å². The maximum absolute atomic E-state index is 13.0. The van der Waals surface area contributed by atoms with Crippen molar-refractivity contribution < 1.29 is 27.9 Å². The lowest BCUT2D eigenvalue weighted by molar-refractivity contribution is -0.0508. The molecule has 0 bridgehead atoms. The van der Waals surface area contributed by atoms with E-state index in [1.807, 2.05) is 10.6 Å². The molecule has 5 heterocycles. The number of ether oxygens (including phenoxy) is 3. The molecule has 0 spiro atoms. The van der Waals surface area contributed by atoms with E-state index >= 15 is 0 Å². The van der Waals surface area contributed by atoms with Gasteiger partial charge in [0, 0.05) is 35.9 Å². The van der Waals surface area contributed by atoms with Crippen molar-refractivity contribution in [1.29, 1.82) is 0 Å². The Balaban J connectivity index is 1.17. The molecule has 0 aliphatic carbocycles. The van der Waals surface area contributed by atoms with Gasteiger partial charge in [0.05, 0.1) is 37.2 Å². The highest BCUT2D eigenvalue weighted by atomic mass is 32.2. The van der Waals surface area contributed by atoms with Gasteiger partial charge in [-0.3, -0.25) is 23.7 Å². The normalized spacial score (nSPS) is 23.2. The van der Waals surface area contributed by atoms with Gasteiger partial charge >= 0.3 is 5.69 Å². The van der Waals surface area contributed by atoms with Gasteiger partial charge < -0.3 is 28.4 Å². The van der Waals surface area contributed by atoms with E-state index < -0.39 is 40.3 Å². The number of aromatic nitrogens is 6. The lowest BCUT2D eigenvalue weighted by Crippen LogP contribution is -2.46. The fraction of sp³-hybridized carbons (Fsp3) is 0.600. The van der Waals surface area contributed by atoms with Crippen LogP contribution in [0.2, 0.25) is 36.3 Å². The summed E-state index contributed by atoms with van der Waals surface area (Å²) in [6.45, 7) is 24.1. The number of carbonyl (C=O) groups is 1. The molecule has 0 radical (unpaired) electrons. The van der Waals surface area contributed by atoms with E-state index in [9.17, 15) is 14.4 Å². The topological polar surface area (TPSA) is 174 Å². The molecule has 2 aliphatic heterocycles. The summed E-state index contributed by atoms with van der Waals surface area (Å²) in [6, 6.07) is 8.94. The molecule has 2 aliphatic rings. The second kappa shape index (κ2) is 17.2. The number of rotatable bonds is 14. The van der Waals surface area contributed by atoms with Gasteiger partial charge in [-0.2, -0.15) is 0 Å². The third-order valence-corrected chi connectivity index (χ3v) is 21.9. The first-order valence-electron chi connectivity index (χ1n) is 19.8. The molecule has 15 nitrogen and oxygen atoms in total. The summed E-state index contributed by atoms with van der Waals surface area (Å²) < 4.78 is 36.7. The molecule has 3 aromatic heterocycles. The van der Waals surface area contributed by atoms with Gasteiger partial charge in [0.1, 0.15) is 24.9 Å². The fourth-order valence-electron chi connectivity index (χ4n) is 6.43. The zero-order chi connectivity index (χ0) is 42.2. The van der Waals surface area contributed by atoms with Gasteiger partial charge in [-0.1, -0.05) is 59.7 Å². The maximum atomic E-state index is 13.0. The number of thioether (sulfide) groups is 1. The molecule has 2 N–H and O–H groups in total. The Kier molecular flexibility index (Phi) is 13.1. The summed E-state index contributed by atoms with van der Waals surface area (Å²) in [5, 5.41) is 2.86. The number of amides is 1. The van der Waals surface area contributed by atoms with Crippen LogP contribution in [0.5, 0.6) is 0 Å². The van der Waals surface area contributed by atoms with Crippen molar-refractivity contribution in [3.8, 4) is 0 Å². The average molecular weight is 854 g/mol. The van der Waals surface area contributed by atoms with Crippen molar-refractivity contribution in [2.75, 3.05) is 23.6 Å². The Morgan fingerprint density at radius 2 is 1.57 bits per heavy atom. The van der Waals surface area contributed by atoms with Gasteiger partial charge in [-0.25, -0.2) is 19.7 Å². The number of nitrogens with zero attached hydrogens (tertiary/aromatic N) is 5. The number of aryl methyl sites for hydroxylation is 1. The summed E-state index contributed by atoms with van der Waals surface area (Å²) >= 11 is 1.59. The number of nitrogens with one attached hydrogen (secondary N) is 2. The van der Waals surface area contributed by atoms with Crippen LogP contribution in [0.1, 0.15) is 82.8 Å². The average Bonchev–Trinajstić information content (AvgIpc) is 3.87. The van der Waals surface area contributed by atoms with Crippen LogP contribution in [0.25, 0.3) is 11.2 Å². The molecular formula is C40H59N7O8SSi2. The van der Waals surface area contributed by atoms with Crippen LogP contribution in [-0.2, 0) is 23.1 Å². The number of benzene rings is 1. The molecule has 6 rings (SSSR count). The number of hydrogen-bond donors (Lipinski definition) is 2. The number of fused-ring (bicyclic) bond motifs is 1. The lowest BCUT2D eigenvalue weighted by Gasteiger charge is -2.39. The second-order valence-corrected chi connectivity index (χ2v) is 28.8. The Morgan fingerprint density at radius 3 is 2.26 bits per heavy atom. The molecular weight excluding hydrogens is 795 g/mol. The molecule has 58 heavy (non-hydrogen) atoms. The summed E-state index contributed by atoms with van der Waals surface area (Å²) in [7, 11) is -4.32. The Bertz CT molecular complexity index is 2180. The van der Waals surface area contributed by atoms with E-state index in [0.717, 1.165) is 0 Å². The largest absolute Gasteiger partial charge is 0.414 e. The van der Waals surface area contributed by atoms with Crippen LogP contribution in [0.4, 0.5) is 5.82 Å². The van der Waals surface area contributed by atoms with E-state index in [-0.39, 0.29) is 40.4 Å². The second-order valence-electron chi connectivity index (χ2n) is 18.3. The van der Waals surface area contributed by atoms with E-state index in [1.165, 1.54) is 10.9 Å². The monoisotopic (exact) mass is 853 g/mol. The number of hydrogen-bond acceptors (Lipinski definition) is 12. The summed E-state index contributed by atoms with van der Waals surface area (Å²) in [5.41, 5.74) is 1.01. The standard InChI is InChI=1S/C40H59N7O8SSi2/c1-25-19-46(38(50)45-36(25)48)31-18-28(55-58(10,11)40(5,6)7)30(54-31)21-56-24-51-27-17-32(53-29(27)20-52-57(8,9)39(2,3)4)47-23-43-33-34(41-22-42-35(33)47)44-37(49)26-15-13-12-14-16-26/h12-16,19,22-23,27-32H,17-18,20-21,24H2,1-11H3,(H,45,48,50)(H,41,42,44,49)/t27-,28-,29+,30+,31+,32+/m0/s1. The van der Waals surface area contributed by atoms with E-state index in [2.05, 4.69) is 93.0 Å². The first-order chi connectivity index (χ1) is 27.1. The number of aromatic amines is 1. The first kappa shape index (κ1) is 44.1. The van der Waals surface area contributed by atoms with Gasteiger partial charge in [-0.15, -0.1) is 11.8 Å². The minimum Gasteiger partial charge on any atom is -0.414 e. The molecule has 0 saturated carbocycles. The highest BCUT2D eigenvalue weighted by Gasteiger charge is 2.46. The van der Waals surface area contributed by atoms with Crippen molar-refractivity contribution >= 4 is 51.3 Å². The molecule has 6 atom stereocenters. The number of imidazole rings is 1. The van der Waals surface area contributed by atoms with Crippen LogP contribution in [0.15, 0.2) is 58.8 Å². The highest BCUT2D eigenvalue weighted by molar-refractivity contribution is 7.99. The number of H-pyrrole nitrogens is 1. The number of carbonyl (C=O) groups excluding carboxylic acids is 1. The van der Waals surface area contributed by atoms with Crippen LogP contribution in [-0.4, -0.2) is 94.3 Å². The molecule has 0 unspecified atom stereocenters. The molecule has 2 saturated heterocycles. The summed E-state index contributed by atoms with van der Waals surface area (Å²) in [4.78, 5) is 53.8.